The average molecular weight is 1030 g/mol. The quantitative estimate of drug-likeness (QED) is 0.0323. The van der Waals surface area contributed by atoms with Gasteiger partial charge < -0.3 is 42.5 Å². The topological polar surface area (TPSA) is 267 Å². The molecule has 8 N–H and O–H groups in total. The number of Topliss-reactive ketones (excluding diaryl/α,β-unsaturated/α-hetero) is 2. The molecule has 5 aromatic rings. The highest BCUT2D eigenvalue weighted by Gasteiger charge is 2.04. The molecule has 5 rings (SSSR count). The van der Waals surface area contributed by atoms with Crippen molar-refractivity contribution in [1.82, 2.24) is 10.6 Å². The second kappa shape index (κ2) is 36.2. The summed E-state index contributed by atoms with van der Waals surface area (Å²) >= 11 is 0. The lowest BCUT2D eigenvalue weighted by atomic mass is 10.0. The van der Waals surface area contributed by atoms with Gasteiger partial charge in [0.15, 0.2) is 11.6 Å². The van der Waals surface area contributed by atoms with Crippen molar-refractivity contribution in [3.8, 4) is 0 Å². The summed E-state index contributed by atoms with van der Waals surface area (Å²) in [6, 6.07) is 36.1. The molecule has 5 aromatic carbocycles. The molecule has 0 aliphatic heterocycles. The van der Waals surface area contributed by atoms with E-state index in [9.17, 15) is 47.9 Å². The zero-order chi connectivity index (χ0) is 56.3. The Balaban J connectivity index is 0.000000476. The van der Waals surface area contributed by atoms with Gasteiger partial charge in [-0.05, 0) is 111 Å². The molecule has 0 unspecified atom stereocenters. The highest BCUT2D eigenvalue weighted by Crippen LogP contribution is 2.17. The van der Waals surface area contributed by atoms with Gasteiger partial charge in [-0.1, -0.05) is 67.4 Å². The van der Waals surface area contributed by atoms with Crippen molar-refractivity contribution in [3.05, 3.63) is 144 Å². The van der Waals surface area contributed by atoms with Gasteiger partial charge >= 0.3 is 0 Å². The van der Waals surface area contributed by atoms with Crippen LogP contribution in [0.5, 0.6) is 0 Å². The van der Waals surface area contributed by atoms with Crippen molar-refractivity contribution in [2.75, 3.05) is 45.0 Å². The van der Waals surface area contributed by atoms with E-state index in [1.54, 1.807) is 72.8 Å². The molecule has 0 saturated carbocycles. The van der Waals surface area contributed by atoms with E-state index in [0.717, 1.165) is 67.7 Å². The molecule has 75 heavy (non-hydrogen) atoms. The number of hydrogen-bond acceptors (Lipinski definition) is 10. The number of benzene rings is 5. The Hall–Kier alpha value is -8.80. The summed E-state index contributed by atoms with van der Waals surface area (Å²) < 4.78 is 0. The normalized spacial score (nSPS) is 9.57. The van der Waals surface area contributed by atoms with Crippen molar-refractivity contribution < 1.29 is 47.9 Å². The van der Waals surface area contributed by atoms with Crippen LogP contribution >= 0.6 is 0 Å². The summed E-state index contributed by atoms with van der Waals surface area (Å²) in [5, 5.41) is 21.5. The third-order valence-corrected chi connectivity index (χ3v) is 9.54. The second-order valence-corrected chi connectivity index (χ2v) is 16.9. The number of ketones is 2. The Morgan fingerprint density at radius 1 is 0.293 bits per heavy atom. The van der Waals surface area contributed by atoms with E-state index in [2.05, 4.69) is 42.5 Å². The van der Waals surface area contributed by atoms with E-state index in [1.807, 2.05) is 48.5 Å². The molecule has 0 saturated heterocycles. The first-order valence-electron chi connectivity index (χ1n) is 24.1. The summed E-state index contributed by atoms with van der Waals surface area (Å²) in [7, 11) is 0. The minimum atomic E-state index is -0.134. The van der Waals surface area contributed by atoms with Crippen LogP contribution in [0.4, 0.5) is 34.1 Å². The van der Waals surface area contributed by atoms with Crippen molar-refractivity contribution in [2.24, 2.45) is 0 Å². The molecule has 0 atom stereocenters. The second-order valence-electron chi connectivity index (χ2n) is 16.9. The Kier molecular flexibility index (Phi) is 31.0. The van der Waals surface area contributed by atoms with Gasteiger partial charge in [0.05, 0.1) is 0 Å². The molecule has 18 nitrogen and oxygen atoms in total. The number of rotatable bonds is 17. The first-order chi connectivity index (χ1) is 35.4. The summed E-state index contributed by atoms with van der Waals surface area (Å²) in [6.45, 7) is 16.3. The van der Waals surface area contributed by atoms with Gasteiger partial charge in [-0.15, -0.1) is 0 Å². The van der Waals surface area contributed by atoms with Crippen LogP contribution < -0.4 is 42.5 Å². The van der Waals surface area contributed by atoms with E-state index in [4.69, 9.17) is 0 Å². The van der Waals surface area contributed by atoms with Crippen LogP contribution in [0.3, 0.4) is 0 Å². The summed E-state index contributed by atoms with van der Waals surface area (Å²) in [5.74, 6) is -0.543. The van der Waals surface area contributed by atoms with Crippen LogP contribution in [0.15, 0.2) is 121 Å². The van der Waals surface area contributed by atoms with Gasteiger partial charge in [-0.25, -0.2) is 0 Å². The molecule has 0 heterocycles. The molecular weight excluding hydrogens is 957 g/mol. The van der Waals surface area contributed by atoms with Crippen LogP contribution in [0.2, 0.25) is 0 Å². The maximum absolute atomic E-state index is 11.0. The fraction of sp³-hybridized carbons (Fsp3) is 0.298. The first kappa shape index (κ1) is 64.2. The van der Waals surface area contributed by atoms with Crippen molar-refractivity contribution >= 4 is 92.9 Å². The molecule has 0 aliphatic carbocycles. The largest absolute Gasteiger partial charge is 0.356 e. The Labute approximate surface area is 440 Å². The van der Waals surface area contributed by atoms with E-state index < -0.39 is 0 Å². The molecule has 0 aromatic heterocycles. The zero-order valence-corrected chi connectivity index (χ0v) is 44.6. The fourth-order valence-electron chi connectivity index (χ4n) is 6.25. The van der Waals surface area contributed by atoms with Crippen LogP contribution in [0, 0.1) is 0 Å². The molecule has 0 fully saturated rings. The minimum absolute atomic E-state index is 0.0186. The lowest BCUT2D eigenvalue weighted by molar-refractivity contribution is -0.119. The number of unbranched alkanes of at least 4 members (excludes halogenated alkanes) is 3. The molecule has 400 valence electrons. The van der Waals surface area contributed by atoms with Gasteiger partial charge in [-0.2, -0.15) is 0 Å². The predicted molar refractivity (Wildman–Crippen MR) is 297 cm³/mol. The summed E-state index contributed by atoms with van der Waals surface area (Å²) in [5.41, 5.74) is 7.97. The van der Waals surface area contributed by atoms with Gasteiger partial charge in [0, 0.05) is 114 Å². The number of amides is 8. The number of carbonyl (C=O) groups is 10. The maximum atomic E-state index is 11.0. The smallest absolute Gasteiger partial charge is 0.221 e. The van der Waals surface area contributed by atoms with Crippen LogP contribution in [-0.4, -0.2) is 71.9 Å². The molecule has 0 bridgehead atoms. The van der Waals surface area contributed by atoms with Crippen LogP contribution in [0.25, 0.3) is 0 Å². The standard InChI is InChI=1S/C17H18N2O2.2C10H12N2O2.C10H20N2O2.C10H10O2/c1-12(20)18-16-7-3-14(4-8-16)11-15-5-9-17(10-6-15)19-13(2)21;1-7(13)11-9-3-5-10(6-4-9)12-8(2)14;1-7(13)11-9-4-3-5-10(6-9)12-8(2)14;1-9(13)11-7-5-3-4-6-8-12-10(2)14;1-7(11)9-3-5-10(6-4-9)8(2)12/h3-10H,11H2,1-2H3,(H,18,20)(H,19,21);2*3-6H,1-2H3,(H,11,13)(H,12,14);3-8H2,1-2H3,(H,11,13)(H,12,14);3-6H,1-2H3. The van der Waals surface area contributed by atoms with E-state index in [0.29, 0.717) is 33.9 Å². The Morgan fingerprint density at radius 2 is 0.547 bits per heavy atom. The molecule has 0 radical (unpaired) electrons. The molecule has 0 aliphatic rings. The predicted octanol–water partition coefficient (Wildman–Crippen LogP) is 9.31. The van der Waals surface area contributed by atoms with Crippen LogP contribution in [0.1, 0.15) is 127 Å². The summed E-state index contributed by atoms with van der Waals surface area (Å²) in [6.07, 6.45) is 5.03. The van der Waals surface area contributed by atoms with E-state index in [1.165, 1.54) is 69.2 Å². The van der Waals surface area contributed by atoms with Crippen LogP contribution in [-0.2, 0) is 44.8 Å². The highest BCUT2D eigenvalue weighted by atomic mass is 16.2. The lowest BCUT2D eigenvalue weighted by Crippen LogP contribution is -2.21. The highest BCUT2D eigenvalue weighted by molar-refractivity contribution is 5.98. The maximum Gasteiger partial charge on any atom is 0.221 e. The molecular formula is C57H72N8O10. The monoisotopic (exact) mass is 1030 g/mol. The van der Waals surface area contributed by atoms with E-state index in [-0.39, 0.29) is 58.8 Å². The number of nitrogens with one attached hydrogen (secondary N) is 8. The molecule has 8 amide bonds. The van der Waals surface area contributed by atoms with Gasteiger partial charge in [-0.3, -0.25) is 47.9 Å². The third kappa shape index (κ3) is 33.5. The minimum Gasteiger partial charge on any atom is -0.356 e. The first-order valence-corrected chi connectivity index (χ1v) is 24.1. The molecule has 0 spiro atoms. The van der Waals surface area contributed by atoms with Crippen molar-refractivity contribution in [3.63, 3.8) is 0 Å². The summed E-state index contributed by atoms with van der Waals surface area (Å²) in [4.78, 5) is 107. The zero-order valence-electron chi connectivity index (χ0n) is 44.6. The van der Waals surface area contributed by atoms with Gasteiger partial charge in [0.1, 0.15) is 0 Å². The Bertz CT molecular complexity index is 2480. The number of anilines is 6. The Morgan fingerprint density at radius 3 is 0.787 bits per heavy atom. The van der Waals surface area contributed by atoms with Crippen molar-refractivity contribution in [2.45, 2.75) is 101 Å². The van der Waals surface area contributed by atoms with Gasteiger partial charge in [0.25, 0.3) is 0 Å². The van der Waals surface area contributed by atoms with Gasteiger partial charge in [0.2, 0.25) is 47.3 Å². The van der Waals surface area contributed by atoms with E-state index >= 15 is 0 Å². The molecule has 18 heteroatoms. The third-order valence-electron chi connectivity index (χ3n) is 9.54. The number of carbonyl (C=O) groups excluding carboxylic acids is 10. The van der Waals surface area contributed by atoms with Crippen molar-refractivity contribution in [1.29, 1.82) is 0 Å². The number of hydrogen-bond donors (Lipinski definition) is 8. The lowest BCUT2D eigenvalue weighted by Gasteiger charge is -2.06. The SMILES string of the molecule is CC(=O)NCCCCCCNC(C)=O.CC(=O)Nc1ccc(Cc2ccc(NC(C)=O)cc2)cc1.CC(=O)Nc1ccc(NC(C)=O)cc1.CC(=O)Nc1cccc(NC(C)=O)c1.CC(=O)c1ccc(C(C)=O)cc1. The fourth-order valence-corrected chi connectivity index (χ4v) is 6.25. The average Bonchev–Trinajstić information content (AvgIpc) is 3.31.